The zero-order chi connectivity index (χ0) is 22.3. The van der Waals surface area contributed by atoms with E-state index >= 15 is 0 Å². The number of hydrogen-bond acceptors (Lipinski definition) is 3. The predicted octanol–water partition coefficient (Wildman–Crippen LogP) is 6.11. The second-order valence-corrected chi connectivity index (χ2v) is 7.66. The summed E-state index contributed by atoms with van der Waals surface area (Å²) in [6.07, 6.45) is 1.63. The number of hydrogen-bond donors (Lipinski definition) is 1. The largest absolute Gasteiger partial charge is 0.439 e. The number of carbonyl (C=O) groups excluding carboxylic acids is 1. The molecular formula is C27H27N3O2. The normalized spacial score (nSPS) is 10.7. The van der Waals surface area contributed by atoms with Gasteiger partial charge >= 0.3 is 0 Å². The molecule has 32 heavy (non-hydrogen) atoms. The number of para-hydroxylation sites is 2. The average molecular weight is 426 g/mol. The van der Waals surface area contributed by atoms with Crippen LogP contribution in [0.1, 0.15) is 30.2 Å². The molecule has 0 spiro atoms. The van der Waals surface area contributed by atoms with E-state index < -0.39 is 0 Å². The predicted molar refractivity (Wildman–Crippen MR) is 128 cm³/mol. The number of anilines is 1. The van der Waals surface area contributed by atoms with E-state index in [-0.39, 0.29) is 5.91 Å². The highest BCUT2D eigenvalue weighted by Gasteiger charge is 2.21. The van der Waals surface area contributed by atoms with Gasteiger partial charge in [-0.05, 0) is 56.2 Å². The maximum absolute atomic E-state index is 12.6. The van der Waals surface area contributed by atoms with Crippen molar-refractivity contribution in [3.63, 3.8) is 0 Å². The van der Waals surface area contributed by atoms with Crippen molar-refractivity contribution in [2.45, 2.75) is 33.1 Å². The topological polar surface area (TPSA) is 56.2 Å². The maximum Gasteiger partial charge on any atom is 0.226 e. The number of amides is 1. The molecule has 0 saturated heterocycles. The van der Waals surface area contributed by atoms with E-state index in [9.17, 15) is 4.79 Å². The van der Waals surface area contributed by atoms with Crippen LogP contribution in [-0.2, 0) is 17.6 Å². The minimum Gasteiger partial charge on any atom is -0.439 e. The molecule has 4 aromatic rings. The molecule has 0 atom stereocenters. The van der Waals surface area contributed by atoms with Gasteiger partial charge in [0.05, 0.1) is 11.4 Å². The molecule has 0 radical (unpaired) electrons. The number of carbonyl (C=O) groups is 1. The fourth-order valence-corrected chi connectivity index (χ4v) is 3.56. The minimum absolute atomic E-state index is 0.0352. The molecule has 4 rings (SSSR count). The third-order valence-corrected chi connectivity index (χ3v) is 5.25. The summed E-state index contributed by atoms with van der Waals surface area (Å²) in [7, 11) is 0. The first-order chi connectivity index (χ1) is 15.6. The Labute approximate surface area is 188 Å². The Morgan fingerprint density at radius 1 is 0.938 bits per heavy atom. The molecule has 1 amide bonds. The van der Waals surface area contributed by atoms with Crippen LogP contribution in [0.2, 0.25) is 0 Å². The molecule has 3 aromatic carbocycles. The molecule has 0 aliphatic rings. The van der Waals surface area contributed by atoms with Gasteiger partial charge in [-0.1, -0.05) is 61.0 Å². The van der Waals surface area contributed by atoms with Gasteiger partial charge in [0.15, 0.2) is 0 Å². The first-order valence-corrected chi connectivity index (χ1v) is 10.9. The molecular weight excluding hydrogens is 398 g/mol. The smallest absolute Gasteiger partial charge is 0.226 e. The summed E-state index contributed by atoms with van der Waals surface area (Å²) in [5.41, 5.74) is 4.78. The van der Waals surface area contributed by atoms with Gasteiger partial charge in [0, 0.05) is 17.7 Å². The van der Waals surface area contributed by atoms with Crippen LogP contribution < -0.4 is 10.1 Å². The molecule has 0 bridgehead atoms. The third kappa shape index (κ3) is 5.06. The van der Waals surface area contributed by atoms with E-state index in [0.717, 1.165) is 34.8 Å². The van der Waals surface area contributed by atoms with Crippen LogP contribution in [0.3, 0.4) is 0 Å². The Balaban J connectivity index is 1.64. The van der Waals surface area contributed by atoms with Crippen molar-refractivity contribution in [3.05, 3.63) is 102 Å². The van der Waals surface area contributed by atoms with Crippen LogP contribution >= 0.6 is 0 Å². The van der Waals surface area contributed by atoms with Crippen molar-refractivity contribution in [1.82, 2.24) is 9.78 Å². The van der Waals surface area contributed by atoms with Crippen LogP contribution in [0.4, 0.5) is 5.69 Å². The van der Waals surface area contributed by atoms with E-state index in [1.165, 1.54) is 5.56 Å². The van der Waals surface area contributed by atoms with Crippen molar-refractivity contribution in [1.29, 1.82) is 0 Å². The Bertz CT molecular complexity index is 1170. The Morgan fingerprint density at radius 2 is 1.59 bits per heavy atom. The van der Waals surface area contributed by atoms with E-state index in [1.54, 1.807) is 0 Å². The summed E-state index contributed by atoms with van der Waals surface area (Å²) in [4.78, 5) is 12.6. The Morgan fingerprint density at radius 3 is 2.25 bits per heavy atom. The van der Waals surface area contributed by atoms with Crippen LogP contribution in [0.5, 0.6) is 11.6 Å². The summed E-state index contributed by atoms with van der Waals surface area (Å²) < 4.78 is 8.19. The molecule has 5 heteroatoms. The number of nitrogens with zero attached hydrogens (tertiary/aromatic N) is 2. The summed E-state index contributed by atoms with van der Waals surface area (Å²) in [5, 5.41) is 7.79. The van der Waals surface area contributed by atoms with Crippen molar-refractivity contribution < 1.29 is 9.53 Å². The van der Waals surface area contributed by atoms with Crippen LogP contribution in [0.25, 0.3) is 5.69 Å². The molecule has 1 N–H and O–H groups in total. The molecule has 5 nitrogen and oxygen atoms in total. The van der Waals surface area contributed by atoms with Gasteiger partial charge in [-0.15, -0.1) is 0 Å². The molecule has 162 valence electrons. The van der Waals surface area contributed by atoms with Crippen LogP contribution in [0.15, 0.2) is 84.9 Å². The minimum atomic E-state index is -0.0352. The third-order valence-electron chi connectivity index (χ3n) is 5.25. The van der Waals surface area contributed by atoms with Gasteiger partial charge in [0.2, 0.25) is 11.8 Å². The molecule has 0 aliphatic heterocycles. The zero-order valence-corrected chi connectivity index (χ0v) is 18.4. The SMILES string of the molecule is CCc1nn(-c2ccccc2)c(Oc2ccc(C)cc2)c1CCC(=O)Nc1ccccc1. The number of aryl methyl sites for hydroxylation is 2. The van der Waals surface area contributed by atoms with Gasteiger partial charge < -0.3 is 10.1 Å². The highest BCUT2D eigenvalue weighted by Crippen LogP contribution is 2.32. The monoisotopic (exact) mass is 425 g/mol. The van der Waals surface area contributed by atoms with E-state index in [4.69, 9.17) is 9.84 Å². The van der Waals surface area contributed by atoms with Crippen molar-refractivity contribution in [2.75, 3.05) is 5.32 Å². The van der Waals surface area contributed by atoms with Crippen molar-refractivity contribution in [3.8, 4) is 17.3 Å². The Hall–Kier alpha value is -3.86. The summed E-state index contributed by atoms with van der Waals surface area (Å²) in [6, 6.07) is 27.4. The molecule has 0 unspecified atom stereocenters. The molecule has 1 aromatic heterocycles. The Kier molecular flexibility index (Phi) is 6.66. The lowest BCUT2D eigenvalue weighted by atomic mass is 10.1. The fraction of sp³-hybridized carbons (Fsp3) is 0.185. The van der Waals surface area contributed by atoms with Gasteiger partial charge in [-0.2, -0.15) is 5.10 Å². The van der Waals surface area contributed by atoms with Gasteiger partial charge in [-0.25, -0.2) is 4.68 Å². The highest BCUT2D eigenvalue weighted by molar-refractivity contribution is 5.90. The fourth-order valence-electron chi connectivity index (χ4n) is 3.56. The highest BCUT2D eigenvalue weighted by atomic mass is 16.5. The maximum atomic E-state index is 12.6. The van der Waals surface area contributed by atoms with Crippen molar-refractivity contribution >= 4 is 11.6 Å². The number of nitrogens with one attached hydrogen (secondary N) is 1. The van der Waals surface area contributed by atoms with Crippen LogP contribution in [0, 0.1) is 6.92 Å². The zero-order valence-electron chi connectivity index (χ0n) is 18.4. The number of rotatable bonds is 8. The standard InChI is InChI=1S/C27H27N3O2/c1-3-25-24(18-19-26(31)28-21-10-6-4-7-11-21)27(32-23-16-14-20(2)15-17-23)30(29-25)22-12-8-5-9-13-22/h4-17H,3,18-19H2,1-2H3,(H,28,31). The summed E-state index contributed by atoms with van der Waals surface area (Å²) in [5.74, 6) is 1.36. The second-order valence-electron chi connectivity index (χ2n) is 7.66. The summed E-state index contributed by atoms with van der Waals surface area (Å²) in [6.45, 7) is 4.12. The van der Waals surface area contributed by atoms with Gasteiger partial charge in [0.1, 0.15) is 5.75 Å². The van der Waals surface area contributed by atoms with Gasteiger partial charge in [0.25, 0.3) is 0 Å². The van der Waals surface area contributed by atoms with E-state index in [1.807, 2.05) is 96.5 Å². The second kappa shape index (κ2) is 9.96. The first kappa shape index (κ1) is 21.4. The summed E-state index contributed by atoms with van der Waals surface area (Å²) >= 11 is 0. The number of aromatic nitrogens is 2. The molecule has 0 saturated carbocycles. The van der Waals surface area contributed by atoms with E-state index in [2.05, 4.69) is 12.2 Å². The lowest BCUT2D eigenvalue weighted by Crippen LogP contribution is -2.12. The van der Waals surface area contributed by atoms with Crippen molar-refractivity contribution in [2.24, 2.45) is 0 Å². The first-order valence-electron chi connectivity index (χ1n) is 10.9. The number of benzene rings is 3. The number of ether oxygens (including phenoxy) is 1. The van der Waals surface area contributed by atoms with Gasteiger partial charge in [-0.3, -0.25) is 4.79 Å². The van der Waals surface area contributed by atoms with E-state index in [0.29, 0.717) is 18.7 Å². The lowest BCUT2D eigenvalue weighted by molar-refractivity contribution is -0.116. The lowest BCUT2D eigenvalue weighted by Gasteiger charge is -2.12. The molecule has 0 fully saturated rings. The quantitative estimate of drug-likeness (QED) is 0.371. The average Bonchev–Trinajstić information content (AvgIpc) is 3.17. The molecule has 1 heterocycles. The molecule has 0 aliphatic carbocycles. The van der Waals surface area contributed by atoms with Crippen LogP contribution in [-0.4, -0.2) is 15.7 Å².